The fourth-order valence-electron chi connectivity index (χ4n) is 6.37. The number of fused-ring (bicyclic) bond motifs is 1. The van der Waals surface area contributed by atoms with E-state index >= 15 is 0 Å². The summed E-state index contributed by atoms with van der Waals surface area (Å²) in [5.74, 6) is 2.22. The smallest absolute Gasteiger partial charge is 0.347 e. The minimum absolute atomic E-state index is 0.158. The minimum atomic E-state index is -1.04. The predicted molar refractivity (Wildman–Crippen MR) is 109 cm³/mol. The number of allylic oxidation sites excluding steroid dienone is 1. The van der Waals surface area contributed by atoms with E-state index in [9.17, 15) is 9.59 Å². The lowest BCUT2D eigenvalue weighted by Gasteiger charge is -2.42. The van der Waals surface area contributed by atoms with Gasteiger partial charge in [0, 0.05) is 25.4 Å². The van der Waals surface area contributed by atoms with Gasteiger partial charge in [0.05, 0.1) is 0 Å². The molecule has 4 rings (SSSR count). The Morgan fingerprint density at radius 3 is 2.76 bits per heavy atom. The van der Waals surface area contributed by atoms with E-state index in [1.807, 2.05) is 6.08 Å². The normalized spacial score (nSPS) is 41.1. The molecule has 0 aromatic rings. The molecule has 0 N–H and O–H groups in total. The Balaban J connectivity index is 1.35. The molecule has 162 valence electrons. The van der Waals surface area contributed by atoms with Gasteiger partial charge in [0.25, 0.3) is 0 Å². The van der Waals surface area contributed by atoms with Gasteiger partial charge in [0.2, 0.25) is 0 Å². The lowest BCUT2D eigenvalue weighted by molar-refractivity contribution is -0.212. The zero-order valence-corrected chi connectivity index (χ0v) is 18.2. The average Bonchev–Trinajstić information content (AvgIpc) is 3.18. The Morgan fingerprint density at radius 1 is 1.17 bits per heavy atom. The number of hydrogen-bond donors (Lipinski definition) is 0. The molecule has 2 aliphatic carbocycles. The van der Waals surface area contributed by atoms with E-state index in [-0.39, 0.29) is 23.6 Å². The van der Waals surface area contributed by atoms with Crippen molar-refractivity contribution in [3.8, 4) is 0 Å². The first kappa shape index (κ1) is 21.0. The maximum Gasteiger partial charge on any atom is 0.347 e. The molecule has 0 amide bonds. The summed E-state index contributed by atoms with van der Waals surface area (Å²) in [6, 6.07) is 0. The monoisotopic (exact) mass is 404 g/mol. The molecule has 29 heavy (non-hydrogen) atoms. The van der Waals surface area contributed by atoms with E-state index < -0.39 is 5.60 Å². The Morgan fingerprint density at radius 2 is 2.00 bits per heavy atom. The van der Waals surface area contributed by atoms with Crippen LogP contribution in [0.5, 0.6) is 0 Å². The van der Waals surface area contributed by atoms with Crippen LogP contribution in [0, 0.1) is 23.2 Å². The van der Waals surface area contributed by atoms with Gasteiger partial charge in [-0.05, 0) is 81.6 Å². The maximum absolute atomic E-state index is 12.5. The van der Waals surface area contributed by atoms with Crippen LogP contribution < -0.4 is 0 Å². The third kappa shape index (κ3) is 4.05. The molecule has 2 aliphatic heterocycles. The van der Waals surface area contributed by atoms with Crippen LogP contribution in [0.25, 0.3) is 0 Å². The molecule has 0 bridgehead atoms. The highest BCUT2D eigenvalue weighted by Gasteiger charge is 2.52. The Bertz CT molecular complexity index is 679. The molecule has 2 saturated carbocycles. The predicted octanol–water partition coefficient (Wildman–Crippen LogP) is 4.93. The SMILES string of the molecule is C[C@H](CCC1=C[C@](C)(OC2CCCCO2)C(=O)O1)[C@H]1CCC2C(=O)CCC[C@@]21C. The van der Waals surface area contributed by atoms with Crippen LogP contribution in [0.3, 0.4) is 0 Å². The summed E-state index contributed by atoms with van der Waals surface area (Å²) < 4.78 is 17.2. The first-order valence-electron chi connectivity index (χ1n) is 11.6. The summed E-state index contributed by atoms with van der Waals surface area (Å²) >= 11 is 0. The van der Waals surface area contributed by atoms with Crippen molar-refractivity contribution in [3.63, 3.8) is 0 Å². The molecule has 2 unspecified atom stereocenters. The molecule has 1 saturated heterocycles. The standard InChI is InChI=1S/C24H36O5/c1-16(18-11-12-19-20(25)7-6-13-23(18,19)2)9-10-17-15-24(3,22(26)28-17)29-21-8-4-5-14-27-21/h15-16,18-19,21H,4-14H2,1-3H3/t16-,18-,19?,21?,23-,24+/m1/s1. The summed E-state index contributed by atoms with van der Waals surface area (Å²) in [7, 11) is 0. The van der Waals surface area contributed by atoms with Crippen molar-refractivity contribution >= 4 is 11.8 Å². The van der Waals surface area contributed by atoms with Crippen molar-refractivity contribution < 1.29 is 23.8 Å². The van der Waals surface area contributed by atoms with Crippen molar-refractivity contribution in [1.82, 2.24) is 0 Å². The maximum atomic E-state index is 12.5. The Labute approximate surface area is 174 Å². The molecule has 5 heteroatoms. The van der Waals surface area contributed by atoms with E-state index in [1.54, 1.807) is 6.92 Å². The Hall–Kier alpha value is -1.20. The number of cyclic esters (lactones) is 1. The van der Waals surface area contributed by atoms with Gasteiger partial charge in [-0.1, -0.05) is 13.8 Å². The van der Waals surface area contributed by atoms with E-state index in [0.29, 0.717) is 24.2 Å². The number of carbonyl (C=O) groups is 2. The van der Waals surface area contributed by atoms with Gasteiger partial charge in [-0.25, -0.2) is 4.79 Å². The lowest BCUT2D eigenvalue weighted by Crippen LogP contribution is -2.39. The van der Waals surface area contributed by atoms with Crippen LogP contribution >= 0.6 is 0 Å². The van der Waals surface area contributed by atoms with Crippen molar-refractivity contribution in [1.29, 1.82) is 0 Å². The Kier molecular flexibility index (Phi) is 5.91. The zero-order chi connectivity index (χ0) is 20.6. The van der Waals surface area contributed by atoms with Crippen molar-refractivity contribution in [2.24, 2.45) is 23.2 Å². The number of Topliss-reactive ketones (excluding diaryl/α,β-unsaturated/α-hetero) is 1. The van der Waals surface area contributed by atoms with Gasteiger partial charge >= 0.3 is 5.97 Å². The second-order valence-corrected chi connectivity index (χ2v) is 10.1. The third-order valence-corrected chi connectivity index (χ3v) is 8.05. The quantitative estimate of drug-likeness (QED) is 0.587. The van der Waals surface area contributed by atoms with Crippen LogP contribution in [0.4, 0.5) is 0 Å². The molecular formula is C24H36O5. The molecule has 0 spiro atoms. The van der Waals surface area contributed by atoms with E-state index in [4.69, 9.17) is 14.2 Å². The fraction of sp³-hybridized carbons (Fsp3) is 0.833. The van der Waals surface area contributed by atoms with Crippen molar-refractivity contribution in [2.75, 3.05) is 6.61 Å². The molecule has 4 aliphatic rings. The summed E-state index contributed by atoms with van der Waals surface area (Å²) in [4.78, 5) is 24.9. The van der Waals surface area contributed by atoms with E-state index in [2.05, 4.69) is 13.8 Å². The molecule has 6 atom stereocenters. The summed E-state index contributed by atoms with van der Waals surface area (Å²) in [5.41, 5.74) is -0.883. The second kappa shape index (κ2) is 8.14. The number of esters is 1. The van der Waals surface area contributed by atoms with Crippen molar-refractivity contribution in [3.05, 3.63) is 11.8 Å². The van der Waals surface area contributed by atoms with Gasteiger partial charge in [0.15, 0.2) is 11.9 Å². The number of rotatable bonds is 6. The first-order valence-corrected chi connectivity index (χ1v) is 11.6. The van der Waals surface area contributed by atoms with Crippen LogP contribution in [-0.2, 0) is 23.8 Å². The van der Waals surface area contributed by atoms with Gasteiger partial charge in [0.1, 0.15) is 11.5 Å². The largest absolute Gasteiger partial charge is 0.429 e. The number of ether oxygens (including phenoxy) is 3. The number of carbonyl (C=O) groups excluding carboxylic acids is 2. The van der Waals surface area contributed by atoms with Crippen LogP contribution in [0.1, 0.15) is 85.0 Å². The summed E-state index contributed by atoms with van der Waals surface area (Å²) in [6.07, 6.45) is 11.3. The molecule has 0 radical (unpaired) electrons. The molecule has 0 aromatic carbocycles. The zero-order valence-electron chi connectivity index (χ0n) is 18.2. The van der Waals surface area contributed by atoms with E-state index in [0.717, 1.165) is 63.5 Å². The summed E-state index contributed by atoms with van der Waals surface area (Å²) in [6.45, 7) is 7.11. The highest BCUT2D eigenvalue weighted by Crippen LogP contribution is 2.57. The van der Waals surface area contributed by atoms with Crippen LogP contribution in [-0.4, -0.2) is 30.3 Å². The van der Waals surface area contributed by atoms with E-state index in [1.165, 1.54) is 6.42 Å². The van der Waals surface area contributed by atoms with Crippen LogP contribution in [0.15, 0.2) is 11.8 Å². The molecule has 2 heterocycles. The lowest BCUT2D eigenvalue weighted by atomic mass is 9.62. The van der Waals surface area contributed by atoms with Gasteiger partial charge in [-0.3, -0.25) is 4.79 Å². The number of hydrogen-bond acceptors (Lipinski definition) is 5. The van der Waals surface area contributed by atoms with Gasteiger partial charge in [-0.2, -0.15) is 0 Å². The van der Waals surface area contributed by atoms with Crippen LogP contribution in [0.2, 0.25) is 0 Å². The molecular weight excluding hydrogens is 368 g/mol. The highest BCUT2D eigenvalue weighted by atomic mass is 16.7. The van der Waals surface area contributed by atoms with Gasteiger partial charge < -0.3 is 14.2 Å². The third-order valence-electron chi connectivity index (χ3n) is 8.05. The average molecular weight is 405 g/mol. The second-order valence-electron chi connectivity index (χ2n) is 10.1. The first-order chi connectivity index (χ1) is 13.8. The fourth-order valence-corrected chi connectivity index (χ4v) is 6.37. The highest BCUT2D eigenvalue weighted by molar-refractivity contribution is 5.85. The molecule has 3 fully saturated rings. The number of ketones is 1. The summed E-state index contributed by atoms with van der Waals surface area (Å²) in [5, 5.41) is 0. The minimum Gasteiger partial charge on any atom is -0.429 e. The molecule has 0 aromatic heterocycles. The van der Waals surface area contributed by atoms with Gasteiger partial charge in [-0.15, -0.1) is 0 Å². The topological polar surface area (TPSA) is 61.8 Å². The van der Waals surface area contributed by atoms with Crippen molar-refractivity contribution in [2.45, 2.75) is 96.9 Å². The molecule has 5 nitrogen and oxygen atoms in total.